The minimum absolute atomic E-state index is 0.120. The van der Waals surface area contributed by atoms with Gasteiger partial charge in [-0.15, -0.1) is 0 Å². The lowest BCUT2D eigenvalue weighted by Crippen LogP contribution is -2.38. The van der Waals surface area contributed by atoms with Crippen molar-refractivity contribution in [1.82, 2.24) is 4.90 Å². The van der Waals surface area contributed by atoms with E-state index in [1.54, 1.807) is 20.8 Å². The van der Waals surface area contributed by atoms with Crippen LogP contribution in [0.15, 0.2) is 30.3 Å². The summed E-state index contributed by atoms with van der Waals surface area (Å²) in [6.07, 6.45) is 0.851. The normalized spacial score (nSPS) is 19.2. The van der Waals surface area contributed by atoms with E-state index in [0.29, 0.717) is 19.4 Å². The van der Waals surface area contributed by atoms with E-state index in [2.05, 4.69) is 0 Å². The van der Waals surface area contributed by atoms with E-state index < -0.39 is 11.7 Å². The van der Waals surface area contributed by atoms with Gasteiger partial charge in [0, 0.05) is 12.5 Å². The van der Waals surface area contributed by atoms with Gasteiger partial charge in [-0.25, -0.2) is 9.69 Å². The van der Waals surface area contributed by atoms with Crippen molar-refractivity contribution < 1.29 is 14.3 Å². The molecule has 1 aliphatic heterocycles. The van der Waals surface area contributed by atoms with Gasteiger partial charge in [-0.2, -0.15) is 0 Å². The maximum atomic E-state index is 12.3. The molecular formula is C16H21NO3. The lowest BCUT2D eigenvalue weighted by atomic mass is 9.98. The van der Waals surface area contributed by atoms with Crippen molar-refractivity contribution in [2.75, 3.05) is 6.54 Å². The Morgan fingerprint density at radius 1 is 1.30 bits per heavy atom. The number of likely N-dealkylation sites (tertiary alicyclic amines) is 1. The average molecular weight is 275 g/mol. The van der Waals surface area contributed by atoms with E-state index in [9.17, 15) is 9.59 Å². The highest BCUT2D eigenvalue weighted by Crippen LogP contribution is 2.24. The molecule has 0 unspecified atom stereocenters. The largest absolute Gasteiger partial charge is 0.443 e. The number of benzene rings is 1. The number of carbonyl (C=O) groups excluding carboxylic acids is 2. The van der Waals surface area contributed by atoms with Crippen molar-refractivity contribution in [3.05, 3.63) is 35.9 Å². The Labute approximate surface area is 119 Å². The molecule has 0 aromatic heterocycles. The third-order valence-electron chi connectivity index (χ3n) is 3.26. The van der Waals surface area contributed by atoms with Crippen LogP contribution >= 0.6 is 0 Å². The van der Waals surface area contributed by atoms with Crippen molar-refractivity contribution >= 4 is 12.0 Å². The third-order valence-corrected chi connectivity index (χ3v) is 3.26. The fraction of sp³-hybridized carbons (Fsp3) is 0.500. The van der Waals surface area contributed by atoms with Crippen LogP contribution in [0, 0.1) is 5.92 Å². The molecule has 4 heteroatoms. The van der Waals surface area contributed by atoms with Crippen LogP contribution in [0.5, 0.6) is 0 Å². The van der Waals surface area contributed by atoms with Crippen LogP contribution in [-0.2, 0) is 16.0 Å². The van der Waals surface area contributed by atoms with Crippen LogP contribution in [0.2, 0.25) is 0 Å². The first-order valence-electron chi connectivity index (χ1n) is 6.95. The molecule has 0 bridgehead atoms. The molecule has 1 aromatic carbocycles. The van der Waals surface area contributed by atoms with E-state index in [1.807, 2.05) is 30.3 Å². The molecule has 1 aromatic rings. The molecule has 1 saturated heterocycles. The second-order valence-corrected chi connectivity index (χ2v) is 6.15. The highest BCUT2D eigenvalue weighted by Gasteiger charge is 2.37. The molecular weight excluding hydrogens is 254 g/mol. The zero-order valence-electron chi connectivity index (χ0n) is 12.3. The third kappa shape index (κ3) is 3.59. The topological polar surface area (TPSA) is 46.6 Å². The van der Waals surface area contributed by atoms with Crippen LogP contribution in [0.4, 0.5) is 4.79 Å². The first kappa shape index (κ1) is 14.6. The van der Waals surface area contributed by atoms with Crippen molar-refractivity contribution in [3.8, 4) is 0 Å². The first-order chi connectivity index (χ1) is 9.37. The van der Waals surface area contributed by atoms with Gasteiger partial charge in [0.05, 0.1) is 0 Å². The Hall–Kier alpha value is -1.84. The van der Waals surface area contributed by atoms with Gasteiger partial charge in [-0.1, -0.05) is 30.3 Å². The molecule has 2 rings (SSSR count). The molecule has 0 N–H and O–H groups in total. The summed E-state index contributed by atoms with van der Waals surface area (Å²) in [5.74, 6) is -0.243. The molecule has 1 aliphatic rings. The summed E-state index contributed by atoms with van der Waals surface area (Å²) in [6, 6.07) is 9.88. The van der Waals surface area contributed by atoms with E-state index >= 15 is 0 Å². The summed E-state index contributed by atoms with van der Waals surface area (Å²) < 4.78 is 5.26. The van der Waals surface area contributed by atoms with Gasteiger partial charge in [0.15, 0.2) is 0 Å². The standard InChI is InChI=1S/C16H21NO3/c1-16(2,3)20-15(19)17-10-9-13(14(17)18)11-12-7-5-4-6-8-12/h4-8,13H,9-11H2,1-3H3/t13-/m0/s1. The number of hydrogen-bond donors (Lipinski definition) is 0. The molecule has 1 fully saturated rings. The molecule has 20 heavy (non-hydrogen) atoms. The zero-order chi connectivity index (χ0) is 14.8. The molecule has 1 heterocycles. The number of nitrogens with zero attached hydrogens (tertiary/aromatic N) is 1. The second-order valence-electron chi connectivity index (χ2n) is 6.15. The van der Waals surface area contributed by atoms with Gasteiger partial charge in [0.2, 0.25) is 5.91 Å². The van der Waals surface area contributed by atoms with Gasteiger partial charge >= 0.3 is 6.09 Å². The highest BCUT2D eigenvalue weighted by molar-refractivity contribution is 5.95. The van der Waals surface area contributed by atoms with Crippen molar-refractivity contribution in [3.63, 3.8) is 0 Å². The molecule has 0 aliphatic carbocycles. The number of amides is 2. The molecule has 0 saturated carbocycles. The zero-order valence-corrected chi connectivity index (χ0v) is 12.3. The van der Waals surface area contributed by atoms with Crippen LogP contribution in [0.25, 0.3) is 0 Å². The summed E-state index contributed by atoms with van der Waals surface area (Å²) in [5.41, 5.74) is 0.548. The van der Waals surface area contributed by atoms with E-state index in [0.717, 1.165) is 5.56 Å². The van der Waals surface area contributed by atoms with Crippen molar-refractivity contribution in [2.24, 2.45) is 5.92 Å². The Morgan fingerprint density at radius 3 is 2.55 bits per heavy atom. The van der Waals surface area contributed by atoms with Gasteiger partial charge in [-0.05, 0) is 39.2 Å². The number of ether oxygens (including phenoxy) is 1. The van der Waals surface area contributed by atoms with E-state index in [-0.39, 0.29) is 11.8 Å². The van der Waals surface area contributed by atoms with E-state index in [4.69, 9.17) is 4.74 Å². The number of rotatable bonds is 2. The highest BCUT2D eigenvalue weighted by atomic mass is 16.6. The first-order valence-corrected chi connectivity index (χ1v) is 6.95. The van der Waals surface area contributed by atoms with Crippen molar-refractivity contribution in [1.29, 1.82) is 0 Å². The second kappa shape index (κ2) is 5.65. The quantitative estimate of drug-likeness (QED) is 0.833. The lowest BCUT2D eigenvalue weighted by Gasteiger charge is -2.23. The summed E-state index contributed by atoms with van der Waals surface area (Å²) >= 11 is 0. The average Bonchev–Trinajstić information content (AvgIpc) is 2.70. The SMILES string of the molecule is CC(C)(C)OC(=O)N1CC[C@@H](Cc2ccccc2)C1=O. The van der Waals surface area contributed by atoms with E-state index in [1.165, 1.54) is 4.90 Å². The number of carbonyl (C=O) groups is 2. The van der Waals surface area contributed by atoms with Crippen molar-refractivity contribution in [2.45, 2.75) is 39.2 Å². The summed E-state index contributed by atoms with van der Waals surface area (Å²) in [5, 5.41) is 0. The molecule has 4 nitrogen and oxygen atoms in total. The molecule has 0 radical (unpaired) electrons. The van der Waals surface area contributed by atoms with Gasteiger partial charge in [0.25, 0.3) is 0 Å². The lowest BCUT2D eigenvalue weighted by molar-refractivity contribution is -0.130. The molecule has 2 amide bonds. The minimum Gasteiger partial charge on any atom is -0.443 e. The van der Waals surface area contributed by atoms with Crippen LogP contribution in [-0.4, -0.2) is 29.0 Å². The molecule has 0 spiro atoms. The van der Waals surface area contributed by atoms with Gasteiger partial charge in [-0.3, -0.25) is 4.79 Å². The smallest absolute Gasteiger partial charge is 0.417 e. The summed E-state index contributed by atoms with van der Waals surface area (Å²) in [6.45, 7) is 5.85. The minimum atomic E-state index is -0.575. The maximum Gasteiger partial charge on any atom is 0.417 e. The summed E-state index contributed by atoms with van der Waals surface area (Å²) in [4.78, 5) is 25.4. The van der Waals surface area contributed by atoms with Gasteiger partial charge < -0.3 is 4.74 Å². The Morgan fingerprint density at radius 2 is 1.95 bits per heavy atom. The Balaban J connectivity index is 1.97. The van der Waals surface area contributed by atoms with Crippen LogP contribution < -0.4 is 0 Å². The fourth-order valence-electron chi connectivity index (χ4n) is 2.33. The Bertz CT molecular complexity index is 490. The Kier molecular flexibility index (Phi) is 4.12. The van der Waals surface area contributed by atoms with Crippen LogP contribution in [0.3, 0.4) is 0 Å². The molecule has 108 valence electrons. The predicted octanol–water partition coefficient (Wildman–Crippen LogP) is 3.01. The van der Waals surface area contributed by atoms with Gasteiger partial charge in [0.1, 0.15) is 5.60 Å². The maximum absolute atomic E-state index is 12.3. The predicted molar refractivity (Wildman–Crippen MR) is 76.2 cm³/mol. The molecule has 1 atom stereocenters. The fourth-order valence-corrected chi connectivity index (χ4v) is 2.33. The summed E-state index contributed by atoms with van der Waals surface area (Å²) in [7, 11) is 0. The van der Waals surface area contributed by atoms with Crippen LogP contribution in [0.1, 0.15) is 32.8 Å². The monoisotopic (exact) mass is 275 g/mol. The number of hydrogen-bond acceptors (Lipinski definition) is 3. The number of imide groups is 1.